The summed E-state index contributed by atoms with van der Waals surface area (Å²) in [6.45, 7) is 2.92. The summed E-state index contributed by atoms with van der Waals surface area (Å²) in [7, 11) is 0. The van der Waals surface area contributed by atoms with E-state index in [-0.39, 0.29) is 19.5 Å². The maximum atomic E-state index is 8.89. The predicted molar refractivity (Wildman–Crippen MR) is 106 cm³/mol. The van der Waals surface area contributed by atoms with Crippen molar-refractivity contribution in [2.24, 2.45) is 0 Å². The second-order valence-corrected chi connectivity index (χ2v) is 5.67. The second kappa shape index (κ2) is 30.7. The Balaban J connectivity index is -0.000000140. The maximum Gasteiger partial charge on any atom is 3.00 e. The summed E-state index contributed by atoms with van der Waals surface area (Å²) < 4.78 is 0. The van der Waals surface area contributed by atoms with Gasteiger partial charge < -0.3 is 29.7 Å². The van der Waals surface area contributed by atoms with Gasteiger partial charge in [-0.1, -0.05) is 48.6 Å². The molecule has 0 radical (unpaired) electrons. The molecule has 0 N–H and O–H groups in total. The van der Waals surface area contributed by atoms with Gasteiger partial charge in [0.2, 0.25) is 0 Å². The zero-order valence-corrected chi connectivity index (χ0v) is 19.2. The van der Waals surface area contributed by atoms with Gasteiger partial charge in [0, 0.05) is 17.9 Å². The van der Waals surface area contributed by atoms with Gasteiger partial charge >= 0.3 is 19.5 Å². The van der Waals surface area contributed by atoms with Crippen LogP contribution in [0.3, 0.4) is 0 Å². The molecule has 0 unspecified atom stereocenters. The molecular weight excluding hydrogens is 463 g/mol. The summed E-state index contributed by atoms with van der Waals surface area (Å²) in [4.78, 5) is 26.7. The maximum absolute atomic E-state index is 8.89. The van der Waals surface area contributed by atoms with Crippen molar-refractivity contribution >= 4 is 17.9 Å². The van der Waals surface area contributed by atoms with Crippen LogP contribution in [0.2, 0.25) is 0 Å². The largest absolute Gasteiger partial charge is 3.00 e. The summed E-state index contributed by atoms with van der Waals surface area (Å²) in [6.07, 6.45) is 28.0. The molecule has 0 aromatic heterocycles. The number of carbonyl (C=O) groups excluding carboxylic acids is 3. The molecule has 0 aliphatic heterocycles. The van der Waals surface area contributed by atoms with E-state index in [9.17, 15) is 0 Å². The SMILES string of the molecule is C1=CCC/C=C\CC1.C1=CCC/C=C\CC1.CC(=O)[O-].CC(=O)[O-].CC(=O)[O-].[Rh+3]. The quantitative estimate of drug-likeness (QED) is 0.371. The number of rotatable bonds is 0. The smallest absolute Gasteiger partial charge is 0.550 e. The molecule has 0 fully saturated rings. The Kier molecular flexibility index (Phi) is 36.5. The number of hydrogen-bond donors (Lipinski definition) is 0. The predicted octanol–water partition coefficient (Wildman–Crippen LogP) is 1.61. The van der Waals surface area contributed by atoms with Crippen molar-refractivity contribution in [3.8, 4) is 0 Å². The van der Waals surface area contributed by atoms with Gasteiger partial charge in [-0.2, -0.15) is 0 Å². The minimum absolute atomic E-state index is 0. The van der Waals surface area contributed by atoms with Crippen LogP contribution in [-0.4, -0.2) is 17.9 Å². The fourth-order valence-corrected chi connectivity index (χ4v) is 1.71. The molecule has 0 heterocycles. The topological polar surface area (TPSA) is 120 Å². The molecule has 0 saturated carbocycles. The summed E-state index contributed by atoms with van der Waals surface area (Å²) in [5, 5.41) is 26.7. The Morgan fingerprint density at radius 1 is 0.448 bits per heavy atom. The van der Waals surface area contributed by atoms with Crippen molar-refractivity contribution in [3.05, 3.63) is 48.6 Å². The minimum Gasteiger partial charge on any atom is -0.550 e. The number of carbonyl (C=O) groups is 3. The first-order valence-corrected chi connectivity index (χ1v) is 9.32. The van der Waals surface area contributed by atoms with Crippen molar-refractivity contribution in [3.63, 3.8) is 0 Å². The van der Waals surface area contributed by atoms with E-state index in [2.05, 4.69) is 48.6 Å². The molecule has 7 heteroatoms. The summed E-state index contributed by atoms with van der Waals surface area (Å²) in [5.41, 5.74) is 0. The standard InChI is InChI=1S/2C8H12.3C2H4O2.Rh/c2*1-2-4-6-8-7-5-3-1;3*1-2(3)4;/h2*1-2,7-8H,3-6H2;3*1H3,(H,3,4);/q;;;;;+3/p-3/b2*2-1-,8-7?;;;;. The van der Waals surface area contributed by atoms with Crippen molar-refractivity contribution in [1.29, 1.82) is 0 Å². The number of aliphatic carboxylic acids is 3. The molecule has 29 heavy (non-hydrogen) atoms. The Hall–Kier alpha value is -2.01. The van der Waals surface area contributed by atoms with Crippen molar-refractivity contribution in [1.82, 2.24) is 0 Å². The Morgan fingerprint density at radius 2 is 0.517 bits per heavy atom. The molecule has 0 saturated heterocycles. The molecule has 0 aromatic carbocycles. The second-order valence-electron chi connectivity index (χ2n) is 5.67. The molecule has 0 aromatic rings. The number of carboxylic acid groups (broad SMARTS) is 3. The molecular formula is C22H33O6Rh. The van der Waals surface area contributed by atoms with Gasteiger partial charge in [0.15, 0.2) is 0 Å². The molecule has 2 rings (SSSR count). The molecule has 166 valence electrons. The van der Waals surface area contributed by atoms with Crippen LogP contribution in [0.1, 0.15) is 72.1 Å². The van der Waals surface area contributed by atoms with E-state index in [0.29, 0.717) is 0 Å². The Morgan fingerprint density at radius 3 is 0.586 bits per heavy atom. The van der Waals surface area contributed by atoms with Crippen LogP contribution >= 0.6 is 0 Å². The minimum atomic E-state index is -1.08. The number of carboxylic acids is 3. The van der Waals surface area contributed by atoms with Gasteiger partial charge in [-0.3, -0.25) is 0 Å². The van der Waals surface area contributed by atoms with Gasteiger partial charge in [0.1, 0.15) is 0 Å². The van der Waals surface area contributed by atoms with E-state index in [0.717, 1.165) is 20.8 Å². The third-order valence-electron chi connectivity index (χ3n) is 2.67. The van der Waals surface area contributed by atoms with Crippen LogP contribution in [0.5, 0.6) is 0 Å². The zero-order chi connectivity index (χ0) is 22.0. The Bertz CT molecular complexity index is 387. The average molecular weight is 496 g/mol. The van der Waals surface area contributed by atoms with Gasteiger partial charge in [-0.25, -0.2) is 0 Å². The van der Waals surface area contributed by atoms with Gasteiger partial charge in [-0.05, 0) is 72.1 Å². The van der Waals surface area contributed by atoms with E-state index in [4.69, 9.17) is 29.7 Å². The van der Waals surface area contributed by atoms with Gasteiger partial charge in [0.05, 0.1) is 0 Å². The van der Waals surface area contributed by atoms with Crippen LogP contribution in [0, 0.1) is 0 Å². The average Bonchev–Trinajstić information content (AvgIpc) is 2.44. The third kappa shape index (κ3) is 76.4. The van der Waals surface area contributed by atoms with E-state index in [1.54, 1.807) is 0 Å². The molecule has 0 amide bonds. The third-order valence-corrected chi connectivity index (χ3v) is 2.67. The summed E-state index contributed by atoms with van der Waals surface area (Å²) in [6, 6.07) is 0. The fourth-order valence-electron chi connectivity index (χ4n) is 1.71. The molecule has 0 bridgehead atoms. The van der Waals surface area contributed by atoms with Gasteiger partial charge in [0.25, 0.3) is 0 Å². The van der Waals surface area contributed by atoms with Crippen LogP contribution < -0.4 is 15.3 Å². The van der Waals surface area contributed by atoms with E-state index in [1.807, 2.05) is 0 Å². The van der Waals surface area contributed by atoms with E-state index < -0.39 is 17.9 Å². The molecule has 2 aliphatic carbocycles. The van der Waals surface area contributed by atoms with E-state index in [1.165, 1.54) is 51.4 Å². The fraction of sp³-hybridized carbons (Fsp3) is 0.500. The zero-order valence-electron chi connectivity index (χ0n) is 17.6. The van der Waals surface area contributed by atoms with Crippen molar-refractivity contribution in [2.75, 3.05) is 0 Å². The first kappa shape index (κ1) is 34.5. The number of hydrogen-bond acceptors (Lipinski definition) is 6. The van der Waals surface area contributed by atoms with Crippen LogP contribution in [0.4, 0.5) is 0 Å². The summed E-state index contributed by atoms with van der Waals surface area (Å²) >= 11 is 0. The van der Waals surface area contributed by atoms with Crippen LogP contribution in [0.25, 0.3) is 0 Å². The van der Waals surface area contributed by atoms with Crippen molar-refractivity contribution in [2.45, 2.75) is 72.1 Å². The monoisotopic (exact) mass is 496 g/mol. The first-order valence-electron chi connectivity index (χ1n) is 9.32. The number of allylic oxidation sites excluding steroid dienone is 8. The van der Waals surface area contributed by atoms with E-state index >= 15 is 0 Å². The molecule has 0 atom stereocenters. The van der Waals surface area contributed by atoms with Gasteiger partial charge in [-0.15, -0.1) is 0 Å². The first-order chi connectivity index (χ1) is 13.2. The molecule has 2 aliphatic rings. The van der Waals surface area contributed by atoms with Crippen LogP contribution in [-0.2, 0) is 33.9 Å². The summed E-state index contributed by atoms with van der Waals surface area (Å²) in [5.74, 6) is -3.25. The van der Waals surface area contributed by atoms with Crippen molar-refractivity contribution < 1.29 is 49.2 Å². The molecule has 6 nitrogen and oxygen atoms in total. The molecule has 0 spiro atoms. The van der Waals surface area contributed by atoms with Crippen LogP contribution in [0.15, 0.2) is 48.6 Å². The Labute approximate surface area is 187 Å². The normalized spacial score (nSPS) is 15.8.